The molecule has 0 aromatic heterocycles. The molecule has 0 aliphatic heterocycles. The topological polar surface area (TPSA) is 80.4 Å². The van der Waals surface area contributed by atoms with Gasteiger partial charge in [0.05, 0.1) is 5.75 Å². The van der Waals surface area contributed by atoms with Crippen LogP contribution in [-0.4, -0.2) is 30.0 Å². The molecule has 0 saturated heterocycles. The van der Waals surface area contributed by atoms with Crippen molar-refractivity contribution in [1.82, 2.24) is 0 Å². The van der Waals surface area contributed by atoms with Crippen LogP contribution in [0.4, 0.5) is 0 Å². The molecule has 0 aliphatic rings. The van der Waals surface area contributed by atoms with Crippen LogP contribution in [0, 0.1) is 5.92 Å². The third-order valence-electron chi connectivity index (χ3n) is 1.92. The van der Waals surface area contributed by atoms with Crippen molar-refractivity contribution in [1.29, 1.82) is 0 Å². The first-order valence-corrected chi connectivity index (χ1v) is 6.73. The standard InChI is InChI=1S/C8H19NO3S2/c1-6(2)5-8(13)7(9)3-4-14(10,11)12/h6-8,13H,3-5,9H2,1-2H3,(H,10,11,12). The zero-order valence-electron chi connectivity index (χ0n) is 8.55. The second-order valence-corrected chi connectivity index (χ2v) is 6.17. The van der Waals surface area contributed by atoms with Crippen molar-refractivity contribution in [3.05, 3.63) is 0 Å². The Kier molecular flexibility index (Phi) is 6.04. The summed E-state index contributed by atoms with van der Waals surface area (Å²) in [6.07, 6.45) is 1.09. The molecular formula is C8H19NO3S2. The Labute approximate surface area is 91.4 Å². The molecule has 0 radical (unpaired) electrons. The highest BCUT2D eigenvalue weighted by Crippen LogP contribution is 2.14. The van der Waals surface area contributed by atoms with E-state index in [1.807, 2.05) is 0 Å². The number of nitrogens with two attached hydrogens (primary N) is 1. The van der Waals surface area contributed by atoms with Crippen molar-refractivity contribution in [3.63, 3.8) is 0 Å². The van der Waals surface area contributed by atoms with Crippen molar-refractivity contribution in [3.8, 4) is 0 Å². The van der Waals surface area contributed by atoms with Gasteiger partial charge in [0.25, 0.3) is 10.1 Å². The predicted molar refractivity (Wildman–Crippen MR) is 61.2 cm³/mol. The van der Waals surface area contributed by atoms with Gasteiger partial charge in [0.1, 0.15) is 0 Å². The smallest absolute Gasteiger partial charge is 0.264 e. The van der Waals surface area contributed by atoms with E-state index in [2.05, 4.69) is 26.5 Å². The van der Waals surface area contributed by atoms with E-state index in [9.17, 15) is 8.42 Å². The second kappa shape index (κ2) is 5.95. The van der Waals surface area contributed by atoms with Gasteiger partial charge in [-0.3, -0.25) is 4.55 Å². The first-order valence-electron chi connectivity index (χ1n) is 4.61. The summed E-state index contributed by atoms with van der Waals surface area (Å²) in [5.41, 5.74) is 5.72. The van der Waals surface area contributed by atoms with Gasteiger partial charge in [-0.2, -0.15) is 21.0 Å². The highest BCUT2D eigenvalue weighted by atomic mass is 32.2. The Morgan fingerprint density at radius 2 is 1.93 bits per heavy atom. The molecule has 0 rings (SSSR count). The average molecular weight is 241 g/mol. The molecule has 0 heterocycles. The molecular weight excluding hydrogens is 222 g/mol. The maximum atomic E-state index is 10.5. The molecule has 14 heavy (non-hydrogen) atoms. The minimum Gasteiger partial charge on any atom is -0.327 e. The largest absolute Gasteiger partial charge is 0.327 e. The van der Waals surface area contributed by atoms with Gasteiger partial charge in [0, 0.05) is 11.3 Å². The first kappa shape index (κ1) is 14.2. The molecule has 0 spiro atoms. The van der Waals surface area contributed by atoms with Crippen LogP contribution in [0.2, 0.25) is 0 Å². The molecule has 2 unspecified atom stereocenters. The fourth-order valence-electron chi connectivity index (χ4n) is 1.14. The second-order valence-electron chi connectivity index (χ2n) is 3.94. The van der Waals surface area contributed by atoms with Gasteiger partial charge in [-0.05, 0) is 18.8 Å². The van der Waals surface area contributed by atoms with E-state index in [0.29, 0.717) is 5.92 Å². The van der Waals surface area contributed by atoms with Crippen molar-refractivity contribution >= 4 is 22.7 Å². The van der Waals surface area contributed by atoms with Crippen LogP contribution in [0.15, 0.2) is 0 Å². The molecule has 0 saturated carbocycles. The summed E-state index contributed by atoms with van der Waals surface area (Å²) in [6.45, 7) is 4.11. The van der Waals surface area contributed by atoms with Crippen LogP contribution in [0.5, 0.6) is 0 Å². The van der Waals surface area contributed by atoms with E-state index in [1.54, 1.807) is 0 Å². The Morgan fingerprint density at radius 3 is 2.29 bits per heavy atom. The van der Waals surface area contributed by atoms with Crippen LogP contribution < -0.4 is 5.73 Å². The minimum absolute atomic E-state index is 0.0169. The lowest BCUT2D eigenvalue weighted by Crippen LogP contribution is -2.33. The molecule has 6 heteroatoms. The van der Waals surface area contributed by atoms with Crippen LogP contribution >= 0.6 is 12.6 Å². The van der Waals surface area contributed by atoms with E-state index in [1.165, 1.54) is 0 Å². The molecule has 2 atom stereocenters. The molecule has 3 N–H and O–H groups in total. The molecule has 0 aromatic rings. The van der Waals surface area contributed by atoms with Gasteiger partial charge in [-0.1, -0.05) is 13.8 Å². The summed E-state index contributed by atoms with van der Waals surface area (Å²) in [4.78, 5) is 0. The predicted octanol–water partition coefficient (Wildman–Crippen LogP) is 0.936. The number of thiol groups is 1. The van der Waals surface area contributed by atoms with E-state index in [0.717, 1.165) is 6.42 Å². The van der Waals surface area contributed by atoms with Gasteiger partial charge in [-0.15, -0.1) is 0 Å². The molecule has 0 aliphatic carbocycles. The molecule has 86 valence electrons. The SMILES string of the molecule is CC(C)CC(S)C(N)CCS(=O)(=O)O. The molecule has 0 aromatic carbocycles. The maximum Gasteiger partial charge on any atom is 0.264 e. The zero-order valence-corrected chi connectivity index (χ0v) is 10.3. The maximum absolute atomic E-state index is 10.5. The Balaban J connectivity index is 3.90. The third kappa shape index (κ3) is 7.61. The van der Waals surface area contributed by atoms with Gasteiger partial charge in [0.15, 0.2) is 0 Å². The molecule has 0 bridgehead atoms. The lowest BCUT2D eigenvalue weighted by Gasteiger charge is -2.20. The summed E-state index contributed by atoms with van der Waals surface area (Å²) in [6, 6.07) is -0.289. The first-order chi connectivity index (χ1) is 6.22. The summed E-state index contributed by atoms with van der Waals surface area (Å²) in [5.74, 6) is 0.192. The quantitative estimate of drug-likeness (QED) is 0.477. The Bertz CT molecular complexity index is 251. The number of hydrogen-bond donors (Lipinski definition) is 3. The van der Waals surface area contributed by atoms with Crippen LogP contribution in [0.1, 0.15) is 26.7 Å². The van der Waals surface area contributed by atoms with Gasteiger partial charge < -0.3 is 5.73 Å². The van der Waals surface area contributed by atoms with Gasteiger partial charge in [-0.25, -0.2) is 0 Å². The Hall–Kier alpha value is 0.220. The normalized spacial score (nSPS) is 17.0. The van der Waals surface area contributed by atoms with Crippen LogP contribution in [-0.2, 0) is 10.1 Å². The van der Waals surface area contributed by atoms with Crippen molar-refractivity contribution in [2.45, 2.75) is 38.0 Å². The van der Waals surface area contributed by atoms with Gasteiger partial charge in [0.2, 0.25) is 0 Å². The van der Waals surface area contributed by atoms with E-state index in [4.69, 9.17) is 10.3 Å². The lowest BCUT2D eigenvalue weighted by molar-refractivity contribution is 0.467. The van der Waals surface area contributed by atoms with Crippen LogP contribution in [0.25, 0.3) is 0 Å². The fraction of sp³-hybridized carbons (Fsp3) is 1.00. The molecule has 0 fully saturated rings. The average Bonchev–Trinajstić information content (AvgIpc) is 1.97. The third-order valence-corrected chi connectivity index (χ3v) is 3.26. The molecule has 4 nitrogen and oxygen atoms in total. The fourth-order valence-corrected chi connectivity index (χ4v) is 2.28. The number of rotatable bonds is 6. The van der Waals surface area contributed by atoms with E-state index < -0.39 is 10.1 Å². The molecule has 0 amide bonds. The summed E-state index contributed by atoms with van der Waals surface area (Å²) in [5, 5.41) is -0.0169. The monoisotopic (exact) mass is 241 g/mol. The van der Waals surface area contributed by atoms with Gasteiger partial charge >= 0.3 is 0 Å². The zero-order chi connectivity index (χ0) is 11.4. The minimum atomic E-state index is -3.90. The van der Waals surface area contributed by atoms with E-state index in [-0.39, 0.29) is 23.5 Å². The van der Waals surface area contributed by atoms with Crippen molar-refractivity contribution in [2.24, 2.45) is 11.7 Å². The summed E-state index contributed by atoms with van der Waals surface area (Å²) < 4.78 is 29.4. The van der Waals surface area contributed by atoms with E-state index >= 15 is 0 Å². The summed E-state index contributed by atoms with van der Waals surface area (Å²) >= 11 is 4.29. The lowest BCUT2D eigenvalue weighted by atomic mass is 10.0. The van der Waals surface area contributed by atoms with Crippen molar-refractivity contribution in [2.75, 3.05) is 5.75 Å². The summed E-state index contributed by atoms with van der Waals surface area (Å²) in [7, 11) is -3.90. The number of hydrogen-bond acceptors (Lipinski definition) is 4. The highest BCUT2D eigenvalue weighted by molar-refractivity contribution is 7.85. The van der Waals surface area contributed by atoms with Crippen molar-refractivity contribution < 1.29 is 13.0 Å². The Morgan fingerprint density at radius 1 is 1.43 bits per heavy atom. The van der Waals surface area contributed by atoms with Crippen LogP contribution in [0.3, 0.4) is 0 Å². The highest BCUT2D eigenvalue weighted by Gasteiger charge is 2.17.